The molecule has 1 saturated heterocycles. The summed E-state index contributed by atoms with van der Waals surface area (Å²) in [5.41, 5.74) is 3.16. The van der Waals surface area contributed by atoms with Crippen LogP contribution in [0.5, 0.6) is 0 Å². The van der Waals surface area contributed by atoms with Gasteiger partial charge in [0.2, 0.25) is 0 Å². The predicted octanol–water partition coefficient (Wildman–Crippen LogP) is 3.91. The molecule has 0 amide bonds. The number of hydrogen-bond acceptors (Lipinski definition) is 2. The van der Waals surface area contributed by atoms with Gasteiger partial charge in [-0.05, 0) is 42.2 Å². The van der Waals surface area contributed by atoms with Crippen molar-refractivity contribution in [3.8, 4) is 0 Å². The van der Waals surface area contributed by atoms with Crippen molar-refractivity contribution in [1.82, 2.24) is 0 Å². The number of anilines is 1. The summed E-state index contributed by atoms with van der Waals surface area (Å²) in [6.45, 7) is 2.22. The van der Waals surface area contributed by atoms with Crippen LogP contribution in [0.4, 0.5) is 5.69 Å². The highest BCUT2D eigenvalue weighted by atomic mass is 16.4. The van der Waals surface area contributed by atoms with Gasteiger partial charge in [0.1, 0.15) is 0 Å². The standard InChI is InChI=1S/C19H19NO2/c21-19(22)18(16-6-2-1-3-7-16)14-15-8-10-17(11-9-15)20-12-4-5-13-20/h1-3,6-11,14H,4-5,12-13H2,(H,21,22). The number of hydrogen-bond donors (Lipinski definition) is 1. The molecule has 0 aliphatic carbocycles. The number of benzene rings is 2. The molecule has 0 radical (unpaired) electrons. The Hall–Kier alpha value is -2.55. The summed E-state index contributed by atoms with van der Waals surface area (Å²) in [7, 11) is 0. The molecule has 112 valence electrons. The van der Waals surface area contributed by atoms with Crippen LogP contribution in [-0.4, -0.2) is 24.2 Å². The minimum Gasteiger partial charge on any atom is -0.478 e. The van der Waals surface area contributed by atoms with Crippen LogP contribution in [0.25, 0.3) is 11.6 Å². The highest BCUT2D eigenvalue weighted by molar-refractivity contribution is 6.20. The van der Waals surface area contributed by atoms with E-state index in [4.69, 9.17) is 0 Å². The van der Waals surface area contributed by atoms with Gasteiger partial charge in [0.15, 0.2) is 0 Å². The normalized spacial score (nSPS) is 15.1. The number of nitrogens with zero attached hydrogens (tertiary/aromatic N) is 1. The molecule has 1 aliphatic rings. The predicted molar refractivity (Wildman–Crippen MR) is 89.8 cm³/mol. The highest BCUT2D eigenvalue weighted by Crippen LogP contribution is 2.23. The molecule has 0 bridgehead atoms. The van der Waals surface area contributed by atoms with Gasteiger partial charge < -0.3 is 10.0 Å². The number of rotatable bonds is 4. The minimum absolute atomic E-state index is 0.314. The second-order valence-electron chi connectivity index (χ2n) is 5.51. The van der Waals surface area contributed by atoms with Crippen LogP contribution in [0.15, 0.2) is 54.6 Å². The first-order valence-corrected chi connectivity index (χ1v) is 7.59. The average molecular weight is 293 g/mol. The zero-order valence-electron chi connectivity index (χ0n) is 12.4. The molecule has 0 spiro atoms. The van der Waals surface area contributed by atoms with E-state index in [1.807, 2.05) is 42.5 Å². The van der Waals surface area contributed by atoms with Crippen molar-refractivity contribution in [2.45, 2.75) is 12.8 Å². The first-order chi connectivity index (χ1) is 10.7. The zero-order valence-corrected chi connectivity index (χ0v) is 12.4. The van der Waals surface area contributed by atoms with E-state index in [-0.39, 0.29) is 0 Å². The maximum Gasteiger partial charge on any atom is 0.336 e. The Kier molecular flexibility index (Phi) is 4.24. The fourth-order valence-electron chi connectivity index (χ4n) is 2.81. The number of carboxylic acids is 1. The molecule has 22 heavy (non-hydrogen) atoms. The summed E-state index contributed by atoms with van der Waals surface area (Å²) < 4.78 is 0. The van der Waals surface area contributed by atoms with Gasteiger partial charge in [-0.15, -0.1) is 0 Å². The maximum absolute atomic E-state index is 11.5. The second kappa shape index (κ2) is 6.48. The summed E-state index contributed by atoms with van der Waals surface area (Å²) in [6.07, 6.45) is 4.23. The van der Waals surface area contributed by atoms with Crippen LogP contribution in [0.1, 0.15) is 24.0 Å². The Morgan fingerprint density at radius 3 is 2.18 bits per heavy atom. The molecule has 0 aromatic heterocycles. The molecule has 3 heteroatoms. The molecule has 0 atom stereocenters. The zero-order chi connectivity index (χ0) is 15.4. The van der Waals surface area contributed by atoms with E-state index in [0.29, 0.717) is 5.57 Å². The van der Waals surface area contributed by atoms with E-state index in [2.05, 4.69) is 17.0 Å². The molecule has 0 saturated carbocycles. The van der Waals surface area contributed by atoms with Crippen molar-refractivity contribution < 1.29 is 9.90 Å². The molecule has 1 N–H and O–H groups in total. The van der Waals surface area contributed by atoms with Gasteiger partial charge >= 0.3 is 5.97 Å². The van der Waals surface area contributed by atoms with Crippen molar-refractivity contribution in [2.24, 2.45) is 0 Å². The van der Waals surface area contributed by atoms with E-state index < -0.39 is 5.97 Å². The SMILES string of the molecule is O=C(O)C(=Cc1ccc(N2CCCC2)cc1)c1ccccc1. The Balaban J connectivity index is 1.87. The molecular weight excluding hydrogens is 274 g/mol. The third-order valence-corrected chi connectivity index (χ3v) is 3.99. The third-order valence-electron chi connectivity index (χ3n) is 3.99. The largest absolute Gasteiger partial charge is 0.478 e. The molecule has 2 aromatic rings. The molecule has 3 nitrogen and oxygen atoms in total. The van der Waals surface area contributed by atoms with E-state index in [1.54, 1.807) is 6.08 Å². The van der Waals surface area contributed by atoms with Crippen LogP contribution in [-0.2, 0) is 4.79 Å². The van der Waals surface area contributed by atoms with Gasteiger partial charge in [-0.3, -0.25) is 0 Å². The lowest BCUT2D eigenvalue weighted by atomic mass is 10.0. The Morgan fingerprint density at radius 2 is 1.59 bits per heavy atom. The number of carbonyl (C=O) groups is 1. The van der Waals surface area contributed by atoms with Crippen molar-refractivity contribution in [3.63, 3.8) is 0 Å². The van der Waals surface area contributed by atoms with Gasteiger partial charge in [0, 0.05) is 18.8 Å². The van der Waals surface area contributed by atoms with Crippen LogP contribution >= 0.6 is 0 Å². The van der Waals surface area contributed by atoms with Gasteiger partial charge in [-0.25, -0.2) is 4.79 Å². The average Bonchev–Trinajstić information content (AvgIpc) is 3.08. The Morgan fingerprint density at radius 1 is 0.955 bits per heavy atom. The quantitative estimate of drug-likeness (QED) is 0.686. The van der Waals surface area contributed by atoms with Crippen molar-refractivity contribution >= 4 is 23.3 Å². The van der Waals surface area contributed by atoms with E-state index in [1.165, 1.54) is 18.5 Å². The lowest BCUT2D eigenvalue weighted by Crippen LogP contribution is -2.17. The van der Waals surface area contributed by atoms with E-state index in [9.17, 15) is 9.90 Å². The van der Waals surface area contributed by atoms with Crippen LogP contribution in [0.3, 0.4) is 0 Å². The van der Waals surface area contributed by atoms with Crippen molar-refractivity contribution in [3.05, 3.63) is 65.7 Å². The van der Waals surface area contributed by atoms with E-state index >= 15 is 0 Å². The minimum atomic E-state index is -0.908. The molecule has 0 unspecified atom stereocenters. The van der Waals surface area contributed by atoms with Crippen LogP contribution in [0.2, 0.25) is 0 Å². The van der Waals surface area contributed by atoms with E-state index in [0.717, 1.165) is 24.2 Å². The van der Waals surface area contributed by atoms with Gasteiger partial charge in [0.05, 0.1) is 5.57 Å². The summed E-state index contributed by atoms with van der Waals surface area (Å²) >= 11 is 0. The van der Waals surface area contributed by atoms with Crippen LogP contribution < -0.4 is 4.90 Å². The molecule has 1 aliphatic heterocycles. The molecule has 1 fully saturated rings. The van der Waals surface area contributed by atoms with Gasteiger partial charge in [0.25, 0.3) is 0 Å². The van der Waals surface area contributed by atoms with Crippen LogP contribution in [0, 0.1) is 0 Å². The molecular formula is C19H19NO2. The molecule has 1 heterocycles. The topological polar surface area (TPSA) is 40.5 Å². The summed E-state index contributed by atoms with van der Waals surface area (Å²) in [4.78, 5) is 13.9. The second-order valence-corrected chi connectivity index (χ2v) is 5.51. The van der Waals surface area contributed by atoms with Gasteiger partial charge in [-0.1, -0.05) is 42.5 Å². The fraction of sp³-hybridized carbons (Fsp3) is 0.211. The summed E-state index contributed by atoms with van der Waals surface area (Å²) in [5.74, 6) is -0.908. The summed E-state index contributed by atoms with van der Waals surface area (Å²) in [5, 5.41) is 9.44. The third kappa shape index (κ3) is 3.19. The first kappa shape index (κ1) is 14.4. The lowest BCUT2D eigenvalue weighted by molar-refractivity contribution is -0.130. The van der Waals surface area contributed by atoms with Gasteiger partial charge in [-0.2, -0.15) is 0 Å². The summed E-state index contributed by atoms with van der Waals surface area (Å²) in [6, 6.07) is 17.3. The number of aliphatic carboxylic acids is 1. The highest BCUT2D eigenvalue weighted by Gasteiger charge is 2.12. The number of carboxylic acid groups (broad SMARTS) is 1. The fourth-order valence-corrected chi connectivity index (χ4v) is 2.81. The maximum atomic E-state index is 11.5. The van der Waals surface area contributed by atoms with Crippen molar-refractivity contribution in [1.29, 1.82) is 0 Å². The smallest absolute Gasteiger partial charge is 0.336 e. The molecule has 3 rings (SSSR count). The Bertz CT molecular complexity index is 668. The first-order valence-electron chi connectivity index (χ1n) is 7.59. The molecule has 2 aromatic carbocycles. The Labute approximate surface area is 130 Å². The monoisotopic (exact) mass is 293 g/mol. The lowest BCUT2D eigenvalue weighted by Gasteiger charge is -2.17. The van der Waals surface area contributed by atoms with Crippen molar-refractivity contribution in [2.75, 3.05) is 18.0 Å².